The van der Waals surface area contributed by atoms with Crippen LogP contribution in [0.2, 0.25) is 0 Å². The van der Waals surface area contributed by atoms with Crippen LogP contribution < -0.4 is 5.32 Å². The summed E-state index contributed by atoms with van der Waals surface area (Å²) in [6.07, 6.45) is -1.53. The Labute approximate surface area is 211 Å². The zero-order valence-electron chi connectivity index (χ0n) is 20.1. The molecule has 0 saturated heterocycles. The molecule has 7 nitrogen and oxygen atoms in total. The van der Waals surface area contributed by atoms with Gasteiger partial charge in [0.25, 0.3) is 0 Å². The van der Waals surface area contributed by atoms with E-state index in [1.54, 1.807) is 62.4 Å². The van der Waals surface area contributed by atoms with E-state index in [0.29, 0.717) is 33.8 Å². The fourth-order valence-corrected chi connectivity index (χ4v) is 3.93. The number of aliphatic carboxylic acids is 1. The molecule has 1 aromatic heterocycles. The van der Waals surface area contributed by atoms with Crippen LogP contribution in [0.4, 0.5) is 19.3 Å². The van der Waals surface area contributed by atoms with Crippen molar-refractivity contribution in [3.05, 3.63) is 106 Å². The minimum Gasteiger partial charge on any atom is -0.481 e. The van der Waals surface area contributed by atoms with E-state index in [9.17, 15) is 18.4 Å². The van der Waals surface area contributed by atoms with Crippen LogP contribution in [-0.4, -0.2) is 22.3 Å². The van der Waals surface area contributed by atoms with Gasteiger partial charge >= 0.3 is 12.1 Å². The second-order valence-corrected chi connectivity index (χ2v) is 8.53. The number of carboxylic acid groups (broad SMARTS) is 1. The zero-order chi connectivity index (χ0) is 26.5. The number of nitrogens with zero attached hydrogens (tertiary/aromatic N) is 1. The molecule has 0 unspecified atom stereocenters. The number of carbonyl (C=O) groups is 2. The van der Waals surface area contributed by atoms with Crippen LogP contribution in [0.5, 0.6) is 0 Å². The van der Waals surface area contributed by atoms with Crippen molar-refractivity contribution in [1.29, 1.82) is 0 Å². The van der Waals surface area contributed by atoms with Gasteiger partial charge in [-0.25, -0.2) is 13.6 Å². The number of benzene rings is 3. The van der Waals surface area contributed by atoms with E-state index in [1.165, 1.54) is 18.2 Å². The molecule has 3 aromatic carbocycles. The number of rotatable bonds is 8. The maximum atomic E-state index is 14.3. The van der Waals surface area contributed by atoms with Gasteiger partial charge in [-0.3, -0.25) is 10.1 Å². The first kappa shape index (κ1) is 25.6. The highest BCUT2D eigenvalue weighted by Crippen LogP contribution is 2.31. The minimum atomic E-state index is -0.986. The molecule has 0 saturated carbocycles. The van der Waals surface area contributed by atoms with E-state index >= 15 is 0 Å². The molecule has 190 valence electrons. The van der Waals surface area contributed by atoms with Crippen molar-refractivity contribution in [2.75, 3.05) is 5.32 Å². The number of hydrogen-bond donors (Lipinski definition) is 2. The molecule has 4 aromatic rings. The second-order valence-electron chi connectivity index (χ2n) is 8.53. The summed E-state index contributed by atoms with van der Waals surface area (Å²) in [5, 5.41) is 15.6. The summed E-state index contributed by atoms with van der Waals surface area (Å²) >= 11 is 0. The molecule has 1 heterocycles. The quantitative estimate of drug-likeness (QED) is 0.285. The van der Waals surface area contributed by atoms with Gasteiger partial charge in [-0.15, -0.1) is 0 Å². The fraction of sp³-hybridized carbons (Fsp3) is 0.179. The van der Waals surface area contributed by atoms with Crippen LogP contribution in [-0.2, 0) is 22.4 Å². The third kappa shape index (κ3) is 6.19. The van der Waals surface area contributed by atoms with Crippen molar-refractivity contribution < 1.29 is 32.7 Å². The van der Waals surface area contributed by atoms with Crippen LogP contribution in [0.1, 0.15) is 41.0 Å². The van der Waals surface area contributed by atoms with Crippen LogP contribution in [0, 0.1) is 18.6 Å². The maximum Gasteiger partial charge on any atom is 0.412 e. The summed E-state index contributed by atoms with van der Waals surface area (Å²) in [4.78, 5) is 23.5. The summed E-state index contributed by atoms with van der Waals surface area (Å²) in [5.74, 6) is -1.52. The monoisotopic (exact) mass is 506 g/mol. The summed E-state index contributed by atoms with van der Waals surface area (Å²) in [7, 11) is 0. The third-order valence-electron chi connectivity index (χ3n) is 5.80. The van der Waals surface area contributed by atoms with E-state index < -0.39 is 29.8 Å². The summed E-state index contributed by atoms with van der Waals surface area (Å²) < 4.78 is 38.9. The number of carbonyl (C=O) groups excluding carboxylic acids is 1. The Kier molecular flexibility index (Phi) is 7.62. The summed E-state index contributed by atoms with van der Waals surface area (Å²) in [5.41, 5.74) is 3.27. The Balaban J connectivity index is 1.47. The molecular formula is C28H24F2N2O5. The number of carboxylic acids is 1. The first-order valence-corrected chi connectivity index (χ1v) is 11.5. The molecule has 0 radical (unpaired) electrons. The number of hydrogen-bond acceptors (Lipinski definition) is 5. The summed E-state index contributed by atoms with van der Waals surface area (Å²) in [6, 6.07) is 17.4. The molecule has 37 heavy (non-hydrogen) atoms. The molecule has 0 aliphatic carbocycles. The molecule has 1 atom stereocenters. The van der Waals surface area contributed by atoms with Gasteiger partial charge in [-0.1, -0.05) is 59.8 Å². The lowest BCUT2D eigenvalue weighted by Gasteiger charge is -2.15. The van der Waals surface area contributed by atoms with Gasteiger partial charge in [0, 0.05) is 17.5 Å². The van der Waals surface area contributed by atoms with E-state index in [4.69, 9.17) is 14.4 Å². The smallest absolute Gasteiger partial charge is 0.412 e. The largest absolute Gasteiger partial charge is 0.481 e. The predicted octanol–water partition coefficient (Wildman–Crippen LogP) is 6.46. The Morgan fingerprint density at radius 2 is 1.73 bits per heavy atom. The minimum absolute atomic E-state index is 0.186. The first-order valence-electron chi connectivity index (χ1n) is 11.5. The van der Waals surface area contributed by atoms with Crippen LogP contribution in [0.3, 0.4) is 0 Å². The molecule has 0 bridgehead atoms. The SMILES string of the molecule is Cc1onc(-c2ccc(Cc3cc(CC(=O)O)ccc3F)cc2)c1NC(=O)O[C@H](C)c1ccccc1F. The van der Waals surface area contributed by atoms with Crippen molar-refractivity contribution in [2.24, 2.45) is 0 Å². The molecule has 9 heteroatoms. The maximum absolute atomic E-state index is 14.3. The second kappa shape index (κ2) is 11.0. The lowest BCUT2D eigenvalue weighted by molar-refractivity contribution is -0.136. The van der Waals surface area contributed by atoms with Gasteiger partial charge in [0.15, 0.2) is 5.76 Å². The van der Waals surface area contributed by atoms with Crippen molar-refractivity contribution >= 4 is 17.7 Å². The van der Waals surface area contributed by atoms with Gasteiger partial charge in [-0.05, 0) is 42.7 Å². The van der Waals surface area contributed by atoms with Crippen molar-refractivity contribution in [1.82, 2.24) is 5.16 Å². The number of anilines is 1. The first-order chi connectivity index (χ1) is 17.7. The van der Waals surface area contributed by atoms with Crippen LogP contribution >= 0.6 is 0 Å². The Bertz CT molecular complexity index is 1430. The number of aryl methyl sites for hydroxylation is 1. The Hall–Kier alpha value is -4.53. The van der Waals surface area contributed by atoms with Crippen molar-refractivity contribution in [3.8, 4) is 11.3 Å². The van der Waals surface area contributed by atoms with Crippen LogP contribution in [0.15, 0.2) is 71.3 Å². The highest BCUT2D eigenvalue weighted by atomic mass is 19.1. The number of halogens is 2. The van der Waals surface area contributed by atoms with Gasteiger partial charge < -0.3 is 14.4 Å². The molecule has 2 N–H and O–H groups in total. The number of nitrogens with one attached hydrogen (secondary N) is 1. The van der Waals surface area contributed by atoms with Gasteiger partial charge in [0.1, 0.15) is 29.1 Å². The van der Waals surface area contributed by atoms with E-state index in [1.807, 2.05) is 0 Å². The third-order valence-corrected chi connectivity index (χ3v) is 5.80. The highest BCUT2D eigenvalue weighted by molar-refractivity contribution is 5.91. The van der Waals surface area contributed by atoms with Gasteiger partial charge in [0.2, 0.25) is 0 Å². The van der Waals surface area contributed by atoms with Crippen molar-refractivity contribution in [2.45, 2.75) is 32.8 Å². The Morgan fingerprint density at radius 3 is 2.43 bits per heavy atom. The van der Waals surface area contributed by atoms with Gasteiger partial charge in [0.05, 0.1) is 6.42 Å². The normalized spacial score (nSPS) is 11.7. The standard InChI is InChI=1S/C28H24F2N2O5/c1-16(22-5-3-4-6-24(22)30)36-28(35)31-26-17(2)37-32-27(26)20-10-7-18(8-11-20)13-21-14-19(15-25(33)34)9-12-23(21)29/h3-12,14,16H,13,15H2,1-2H3,(H,31,35)(H,33,34)/t16-/m1/s1. The van der Waals surface area contributed by atoms with E-state index in [-0.39, 0.29) is 18.4 Å². The fourth-order valence-electron chi connectivity index (χ4n) is 3.93. The molecule has 0 fully saturated rings. The lowest BCUT2D eigenvalue weighted by atomic mass is 9.99. The molecule has 0 spiro atoms. The number of ether oxygens (including phenoxy) is 1. The molecule has 0 aliphatic heterocycles. The predicted molar refractivity (Wildman–Crippen MR) is 132 cm³/mol. The molecule has 0 aliphatic rings. The lowest BCUT2D eigenvalue weighted by Crippen LogP contribution is -2.17. The molecule has 1 amide bonds. The highest BCUT2D eigenvalue weighted by Gasteiger charge is 2.21. The van der Waals surface area contributed by atoms with Crippen LogP contribution in [0.25, 0.3) is 11.3 Å². The average Bonchev–Trinajstić information content (AvgIpc) is 3.21. The zero-order valence-corrected chi connectivity index (χ0v) is 20.1. The summed E-state index contributed by atoms with van der Waals surface area (Å²) in [6.45, 7) is 3.20. The molecule has 4 rings (SSSR count). The van der Waals surface area contributed by atoms with Gasteiger partial charge in [-0.2, -0.15) is 0 Å². The van der Waals surface area contributed by atoms with Crippen molar-refractivity contribution in [3.63, 3.8) is 0 Å². The number of aromatic nitrogens is 1. The van der Waals surface area contributed by atoms with E-state index in [0.717, 1.165) is 5.56 Å². The van der Waals surface area contributed by atoms with E-state index in [2.05, 4.69) is 10.5 Å². The average molecular weight is 507 g/mol. The topological polar surface area (TPSA) is 102 Å². The number of amides is 1. The Morgan fingerprint density at radius 1 is 1.03 bits per heavy atom. The molecular weight excluding hydrogens is 482 g/mol.